The van der Waals surface area contributed by atoms with Crippen LogP contribution >= 0.6 is 0 Å². The monoisotopic (exact) mass is 328 g/mol. The van der Waals surface area contributed by atoms with Gasteiger partial charge in [0.2, 0.25) is 5.69 Å². The zero-order chi connectivity index (χ0) is 16.9. The predicted molar refractivity (Wildman–Crippen MR) is 87.4 cm³/mol. The van der Waals surface area contributed by atoms with Crippen molar-refractivity contribution in [2.45, 2.75) is 19.9 Å². The Bertz CT molecular complexity index is 868. The Morgan fingerprint density at radius 2 is 1.92 bits per heavy atom. The first-order valence-corrected chi connectivity index (χ1v) is 7.79. The van der Waals surface area contributed by atoms with Crippen molar-refractivity contribution in [2.75, 3.05) is 6.54 Å². The van der Waals surface area contributed by atoms with Gasteiger partial charge in [-0.3, -0.25) is 4.52 Å². The molecule has 0 amide bonds. The summed E-state index contributed by atoms with van der Waals surface area (Å²) in [6, 6.07) is 14.4. The number of hydrogen-bond acceptors (Lipinski definition) is 3. The van der Waals surface area contributed by atoms with E-state index in [-0.39, 0.29) is 5.82 Å². The normalized spacial score (nSPS) is 10.9. The van der Waals surface area contributed by atoms with E-state index in [4.69, 9.17) is 4.52 Å². The van der Waals surface area contributed by atoms with Crippen LogP contribution in [0, 0.1) is 12.7 Å². The Balaban J connectivity index is 1.65. The Labute approximate surface area is 138 Å². The lowest BCUT2D eigenvalue weighted by molar-refractivity contribution is -0.677. The van der Waals surface area contributed by atoms with Gasteiger partial charge in [-0.15, -0.1) is 0 Å². The highest BCUT2D eigenvalue weighted by atomic mass is 19.1. The van der Waals surface area contributed by atoms with Crippen LogP contribution in [0.4, 0.5) is 4.39 Å². The van der Waals surface area contributed by atoms with Crippen LogP contribution in [0.15, 0.2) is 57.8 Å². The van der Waals surface area contributed by atoms with Gasteiger partial charge in [0.25, 0.3) is 0 Å². The number of hydrogen-bond donors (Lipinski definition) is 2. The van der Waals surface area contributed by atoms with Gasteiger partial charge in [-0.05, 0) is 41.5 Å². The highest BCUT2D eigenvalue weighted by molar-refractivity contribution is 5.26. The quantitative estimate of drug-likeness (QED) is 0.538. The molecule has 2 N–H and O–H groups in total. The smallest absolute Gasteiger partial charge is 0.307 e. The van der Waals surface area contributed by atoms with Crippen molar-refractivity contribution in [1.29, 1.82) is 0 Å². The van der Waals surface area contributed by atoms with E-state index in [1.807, 2.05) is 37.3 Å². The van der Waals surface area contributed by atoms with Gasteiger partial charge in [-0.2, -0.15) is 0 Å². The standard InChI is InChI=1S/C18H18FN3O2/c1-13-6-8-15(9-7-13)22-17(18(23)24-21-22)12-20-11-10-14-4-2-3-5-16(14)19/h2-9,20H,10-12H2,1H3/p+1. The number of aryl methyl sites for hydroxylation is 1. The third kappa shape index (κ3) is 3.60. The van der Waals surface area contributed by atoms with Crippen LogP contribution in [0.5, 0.6) is 0 Å². The zero-order valence-electron chi connectivity index (χ0n) is 13.4. The minimum Gasteiger partial charge on any atom is -0.307 e. The van der Waals surface area contributed by atoms with Crippen LogP contribution in [-0.2, 0) is 13.0 Å². The second-order valence-electron chi connectivity index (χ2n) is 5.62. The largest absolute Gasteiger partial charge is 0.431 e. The molecule has 0 saturated carbocycles. The highest BCUT2D eigenvalue weighted by Crippen LogP contribution is 2.06. The minimum atomic E-state index is -0.422. The predicted octanol–water partition coefficient (Wildman–Crippen LogP) is 2.02. The number of nitrogens with one attached hydrogen (secondary N) is 2. The molecule has 0 unspecified atom stereocenters. The lowest BCUT2D eigenvalue weighted by Gasteiger charge is -2.03. The average Bonchev–Trinajstić information content (AvgIpc) is 2.95. The molecule has 0 fully saturated rings. The van der Waals surface area contributed by atoms with Crippen molar-refractivity contribution in [3.8, 4) is 5.69 Å². The lowest BCUT2D eigenvalue weighted by atomic mass is 10.1. The lowest BCUT2D eigenvalue weighted by Crippen LogP contribution is -2.41. The molecule has 0 aliphatic carbocycles. The first kappa shape index (κ1) is 16.1. The van der Waals surface area contributed by atoms with Gasteiger partial charge < -0.3 is 5.32 Å². The molecule has 5 nitrogen and oxygen atoms in total. The molecule has 1 heterocycles. The Hall–Kier alpha value is -2.73. The fraction of sp³-hybridized carbons (Fsp3) is 0.222. The summed E-state index contributed by atoms with van der Waals surface area (Å²) in [6.07, 6.45) is 0.549. The number of aromatic nitrogens is 2. The summed E-state index contributed by atoms with van der Waals surface area (Å²) in [5.41, 5.74) is 2.64. The van der Waals surface area contributed by atoms with Crippen molar-refractivity contribution in [1.82, 2.24) is 10.6 Å². The number of rotatable bonds is 6. The highest BCUT2D eigenvalue weighted by Gasteiger charge is 2.22. The first-order valence-electron chi connectivity index (χ1n) is 7.79. The summed E-state index contributed by atoms with van der Waals surface area (Å²) in [4.78, 5) is 11.9. The topological polar surface area (TPSA) is 61.9 Å². The van der Waals surface area contributed by atoms with Crippen LogP contribution in [0.3, 0.4) is 0 Å². The summed E-state index contributed by atoms with van der Waals surface area (Å²) in [5.74, 6) is -0.213. The summed E-state index contributed by atoms with van der Waals surface area (Å²) in [7, 11) is 0. The minimum absolute atomic E-state index is 0.213. The Kier molecular flexibility index (Phi) is 4.86. The number of nitrogens with zero attached hydrogens (tertiary/aromatic N) is 1. The van der Waals surface area contributed by atoms with E-state index in [9.17, 15) is 9.18 Å². The maximum Gasteiger partial charge on any atom is 0.431 e. The molecule has 0 radical (unpaired) electrons. The second kappa shape index (κ2) is 7.23. The first-order chi connectivity index (χ1) is 11.6. The van der Waals surface area contributed by atoms with Crippen LogP contribution in [0.1, 0.15) is 16.8 Å². The third-order valence-electron chi connectivity index (χ3n) is 3.85. The van der Waals surface area contributed by atoms with Crippen molar-refractivity contribution in [3.05, 3.63) is 81.6 Å². The van der Waals surface area contributed by atoms with Crippen molar-refractivity contribution in [2.24, 2.45) is 0 Å². The number of benzene rings is 2. The van der Waals surface area contributed by atoms with Gasteiger partial charge >= 0.3 is 11.3 Å². The van der Waals surface area contributed by atoms with Gasteiger partial charge in [0.15, 0.2) is 0 Å². The average molecular weight is 328 g/mol. The molecule has 0 atom stereocenters. The van der Waals surface area contributed by atoms with Crippen molar-refractivity contribution in [3.63, 3.8) is 0 Å². The zero-order valence-corrected chi connectivity index (χ0v) is 13.4. The number of H-pyrrole nitrogens is 1. The molecule has 3 aromatic rings. The van der Waals surface area contributed by atoms with E-state index >= 15 is 0 Å². The van der Waals surface area contributed by atoms with E-state index in [1.165, 1.54) is 6.07 Å². The molecule has 0 spiro atoms. The van der Waals surface area contributed by atoms with E-state index < -0.39 is 5.63 Å². The second-order valence-corrected chi connectivity index (χ2v) is 5.62. The molecule has 1 aromatic heterocycles. The molecule has 2 aromatic carbocycles. The van der Waals surface area contributed by atoms with E-state index in [1.54, 1.807) is 16.8 Å². The molecule has 24 heavy (non-hydrogen) atoms. The molecule has 124 valence electrons. The van der Waals surface area contributed by atoms with Gasteiger partial charge in [0.1, 0.15) is 5.82 Å². The van der Waals surface area contributed by atoms with Crippen molar-refractivity contribution < 1.29 is 13.6 Å². The Morgan fingerprint density at radius 3 is 2.67 bits per heavy atom. The van der Waals surface area contributed by atoms with Gasteiger partial charge in [-0.1, -0.05) is 35.9 Å². The van der Waals surface area contributed by atoms with Crippen LogP contribution in [-0.4, -0.2) is 11.8 Å². The maximum atomic E-state index is 13.6. The van der Waals surface area contributed by atoms with E-state index in [0.29, 0.717) is 30.8 Å². The van der Waals surface area contributed by atoms with Gasteiger partial charge in [0.05, 0.1) is 6.54 Å². The molecule has 3 rings (SSSR count). The fourth-order valence-corrected chi connectivity index (χ4v) is 2.48. The molecule has 0 bridgehead atoms. The van der Waals surface area contributed by atoms with Gasteiger partial charge in [-0.25, -0.2) is 9.18 Å². The summed E-state index contributed by atoms with van der Waals surface area (Å²) < 4.78 is 20.1. The molecular formula is C18H19FN3O2+. The van der Waals surface area contributed by atoms with Crippen LogP contribution in [0.25, 0.3) is 5.69 Å². The number of halogens is 1. The number of aromatic amines is 1. The SMILES string of the molecule is Cc1ccc(-[n+]2[nH]oc(=O)c2CNCCc2ccccc2F)cc1. The Morgan fingerprint density at radius 1 is 1.17 bits per heavy atom. The third-order valence-corrected chi connectivity index (χ3v) is 3.85. The molecule has 0 saturated heterocycles. The summed E-state index contributed by atoms with van der Waals surface area (Å²) in [6.45, 7) is 2.88. The maximum absolute atomic E-state index is 13.6. The van der Waals surface area contributed by atoms with E-state index in [2.05, 4.69) is 10.6 Å². The molecule has 6 heteroatoms. The van der Waals surface area contributed by atoms with Crippen molar-refractivity contribution >= 4 is 0 Å². The molecular weight excluding hydrogens is 309 g/mol. The molecule has 0 aliphatic rings. The fourth-order valence-electron chi connectivity index (χ4n) is 2.48. The van der Waals surface area contributed by atoms with Gasteiger partial charge in [0, 0.05) is 12.1 Å². The van der Waals surface area contributed by atoms with E-state index in [0.717, 1.165) is 11.3 Å². The summed E-state index contributed by atoms with van der Waals surface area (Å²) >= 11 is 0. The van der Waals surface area contributed by atoms with Crippen LogP contribution < -0.4 is 15.6 Å². The summed E-state index contributed by atoms with van der Waals surface area (Å²) in [5, 5.41) is 5.77. The molecule has 0 aliphatic heterocycles. The van der Waals surface area contributed by atoms with Crippen LogP contribution in [0.2, 0.25) is 0 Å².